The summed E-state index contributed by atoms with van der Waals surface area (Å²) in [6.07, 6.45) is 6.84. The van der Waals surface area contributed by atoms with Crippen molar-refractivity contribution in [3.05, 3.63) is 90.3 Å². The number of carbonyl (C=O) groups excluding carboxylic acids is 1. The number of piperidine rings is 1. The molecule has 34 heavy (non-hydrogen) atoms. The number of thioether (sulfide) groups is 1. The molecule has 7 heteroatoms. The summed E-state index contributed by atoms with van der Waals surface area (Å²) in [7, 11) is 0. The first-order valence-corrected chi connectivity index (χ1v) is 12.5. The fourth-order valence-corrected chi connectivity index (χ4v) is 5.47. The fraction of sp³-hybridized carbons (Fsp3) is 0.259. The zero-order valence-corrected chi connectivity index (χ0v) is 20.0. The van der Waals surface area contributed by atoms with Gasteiger partial charge < -0.3 is 4.90 Å². The highest BCUT2D eigenvalue weighted by atomic mass is 32.2. The summed E-state index contributed by atoms with van der Waals surface area (Å²) >= 11 is 1.47. The highest BCUT2D eigenvalue weighted by molar-refractivity contribution is 8.00. The van der Waals surface area contributed by atoms with Gasteiger partial charge in [-0.25, -0.2) is 0 Å². The molecule has 5 rings (SSSR count). The molecule has 0 N–H and O–H groups in total. The molecule has 4 aromatic rings. The maximum Gasteiger partial charge on any atom is 0.240 e. The third-order valence-electron chi connectivity index (χ3n) is 6.13. The van der Waals surface area contributed by atoms with E-state index in [-0.39, 0.29) is 5.91 Å². The van der Waals surface area contributed by atoms with Crippen LogP contribution in [0, 0.1) is 6.92 Å². The molecule has 0 radical (unpaired) electrons. The van der Waals surface area contributed by atoms with Crippen molar-refractivity contribution in [2.24, 2.45) is 0 Å². The van der Waals surface area contributed by atoms with E-state index in [0.29, 0.717) is 11.0 Å². The molecule has 1 amide bonds. The highest BCUT2D eigenvalue weighted by Gasteiger charge is 2.30. The Bertz CT molecular complexity index is 1250. The van der Waals surface area contributed by atoms with Crippen LogP contribution in [0.5, 0.6) is 0 Å². The minimum atomic E-state index is -0.395. The number of para-hydroxylation sites is 1. The molecule has 1 aliphatic heterocycles. The summed E-state index contributed by atoms with van der Waals surface area (Å²) in [5.74, 6) is 0.847. The Kier molecular flexibility index (Phi) is 6.72. The summed E-state index contributed by atoms with van der Waals surface area (Å²) in [5, 5.41) is 9.42. The van der Waals surface area contributed by atoms with Crippen molar-refractivity contribution < 1.29 is 4.79 Å². The molecule has 1 aliphatic rings. The Hall–Kier alpha value is -3.45. The molecule has 0 saturated carbocycles. The number of benzene rings is 2. The smallest absolute Gasteiger partial charge is 0.240 e. The number of rotatable bonds is 6. The van der Waals surface area contributed by atoms with Crippen LogP contribution in [0.1, 0.15) is 35.6 Å². The van der Waals surface area contributed by atoms with Crippen LogP contribution in [-0.2, 0) is 4.79 Å². The molecule has 2 aromatic carbocycles. The van der Waals surface area contributed by atoms with Crippen molar-refractivity contribution in [3.63, 3.8) is 0 Å². The third kappa shape index (κ3) is 4.61. The molecule has 1 atom stereocenters. The first kappa shape index (κ1) is 22.3. The minimum absolute atomic E-state index is 0.137. The lowest BCUT2D eigenvalue weighted by atomic mass is 10.1. The first-order valence-electron chi connectivity index (χ1n) is 11.6. The SMILES string of the molecule is Cc1ccccc1-n1c(SC(C(=O)N2CCCCC2)c2ccccc2)nnc1-c1cccnc1. The standard InChI is InChI=1S/C27H27N5OS/c1-20-11-6-7-15-23(20)32-25(22-14-10-16-28-19-22)29-30-27(32)34-24(21-12-4-2-5-13-21)26(33)31-17-8-3-9-18-31/h2,4-7,10-16,19,24H,3,8-9,17-18H2,1H3. The number of carbonyl (C=O) groups is 1. The number of aromatic nitrogens is 4. The summed E-state index contributed by atoms with van der Waals surface area (Å²) in [6.45, 7) is 3.70. The van der Waals surface area contributed by atoms with Crippen LogP contribution >= 0.6 is 11.8 Å². The van der Waals surface area contributed by atoms with E-state index in [9.17, 15) is 4.79 Å². The van der Waals surface area contributed by atoms with E-state index in [2.05, 4.69) is 38.8 Å². The lowest BCUT2D eigenvalue weighted by Crippen LogP contribution is -2.38. The van der Waals surface area contributed by atoms with Crippen molar-refractivity contribution in [3.8, 4) is 17.1 Å². The summed E-state index contributed by atoms with van der Waals surface area (Å²) < 4.78 is 2.05. The van der Waals surface area contributed by atoms with Gasteiger partial charge in [0.2, 0.25) is 5.91 Å². The molecule has 1 saturated heterocycles. The van der Waals surface area contributed by atoms with Crippen molar-refractivity contribution >= 4 is 17.7 Å². The maximum atomic E-state index is 13.7. The van der Waals surface area contributed by atoms with Crippen LogP contribution in [-0.4, -0.2) is 43.6 Å². The van der Waals surface area contributed by atoms with Gasteiger partial charge in [-0.2, -0.15) is 0 Å². The second-order valence-corrected chi connectivity index (χ2v) is 9.54. The molecule has 0 spiro atoms. The minimum Gasteiger partial charge on any atom is -0.341 e. The molecule has 3 heterocycles. The molecule has 0 aliphatic carbocycles. The number of hydrogen-bond donors (Lipinski definition) is 0. The maximum absolute atomic E-state index is 13.7. The number of aryl methyl sites for hydroxylation is 1. The van der Waals surface area contributed by atoms with E-state index in [0.717, 1.165) is 48.3 Å². The van der Waals surface area contributed by atoms with E-state index in [1.807, 2.05) is 59.5 Å². The number of pyridine rings is 1. The largest absolute Gasteiger partial charge is 0.341 e. The topological polar surface area (TPSA) is 63.9 Å². The number of nitrogens with zero attached hydrogens (tertiary/aromatic N) is 5. The molecule has 1 fully saturated rings. The van der Waals surface area contributed by atoms with Crippen LogP contribution in [0.25, 0.3) is 17.1 Å². The normalized spacial score (nSPS) is 14.7. The summed E-state index contributed by atoms with van der Waals surface area (Å²) in [6, 6.07) is 22.0. The Labute approximate surface area is 204 Å². The van der Waals surface area contributed by atoms with Crippen molar-refractivity contribution in [2.45, 2.75) is 36.6 Å². The van der Waals surface area contributed by atoms with Crippen LogP contribution < -0.4 is 0 Å². The van der Waals surface area contributed by atoms with Crippen LogP contribution in [0.3, 0.4) is 0 Å². The van der Waals surface area contributed by atoms with Crippen LogP contribution in [0.15, 0.2) is 84.3 Å². The molecular weight excluding hydrogens is 442 g/mol. The van der Waals surface area contributed by atoms with E-state index >= 15 is 0 Å². The summed E-state index contributed by atoms with van der Waals surface area (Å²) in [4.78, 5) is 20.0. The summed E-state index contributed by atoms with van der Waals surface area (Å²) in [5.41, 5.74) is 3.95. The van der Waals surface area contributed by atoms with Gasteiger partial charge in [-0.3, -0.25) is 14.3 Å². The number of amides is 1. The molecule has 6 nitrogen and oxygen atoms in total. The van der Waals surface area contributed by atoms with Crippen molar-refractivity contribution in [1.29, 1.82) is 0 Å². The Balaban J connectivity index is 1.59. The molecule has 172 valence electrons. The Morgan fingerprint density at radius 2 is 1.68 bits per heavy atom. The quantitative estimate of drug-likeness (QED) is 0.350. The monoisotopic (exact) mass is 469 g/mol. The second-order valence-electron chi connectivity index (χ2n) is 8.46. The van der Waals surface area contributed by atoms with E-state index < -0.39 is 5.25 Å². The zero-order valence-electron chi connectivity index (χ0n) is 19.2. The van der Waals surface area contributed by atoms with Crippen molar-refractivity contribution in [2.75, 3.05) is 13.1 Å². The Morgan fingerprint density at radius 3 is 2.41 bits per heavy atom. The average Bonchev–Trinajstić information content (AvgIpc) is 3.32. The molecular formula is C27H27N5OS. The third-order valence-corrected chi connectivity index (χ3v) is 7.31. The number of hydrogen-bond acceptors (Lipinski definition) is 5. The molecule has 0 bridgehead atoms. The van der Waals surface area contributed by atoms with Gasteiger partial charge in [0.15, 0.2) is 11.0 Å². The van der Waals surface area contributed by atoms with Gasteiger partial charge in [-0.1, -0.05) is 60.3 Å². The second kappa shape index (κ2) is 10.2. The molecule has 1 unspecified atom stereocenters. The lowest BCUT2D eigenvalue weighted by molar-refractivity contribution is -0.131. The van der Waals surface area contributed by atoms with E-state index in [1.54, 1.807) is 12.4 Å². The van der Waals surface area contributed by atoms with Gasteiger partial charge in [0.1, 0.15) is 5.25 Å². The molecule has 2 aromatic heterocycles. The highest BCUT2D eigenvalue weighted by Crippen LogP contribution is 2.39. The van der Waals surface area contributed by atoms with Crippen LogP contribution in [0.4, 0.5) is 0 Å². The average molecular weight is 470 g/mol. The lowest BCUT2D eigenvalue weighted by Gasteiger charge is -2.30. The fourth-order valence-electron chi connectivity index (χ4n) is 4.33. The predicted octanol–water partition coefficient (Wildman–Crippen LogP) is 5.48. The van der Waals surface area contributed by atoms with E-state index in [1.165, 1.54) is 18.2 Å². The predicted molar refractivity (Wildman–Crippen MR) is 135 cm³/mol. The van der Waals surface area contributed by atoms with E-state index in [4.69, 9.17) is 0 Å². The number of likely N-dealkylation sites (tertiary alicyclic amines) is 1. The van der Waals surface area contributed by atoms with Gasteiger partial charge in [0.25, 0.3) is 0 Å². The van der Waals surface area contributed by atoms with Gasteiger partial charge in [-0.15, -0.1) is 10.2 Å². The van der Waals surface area contributed by atoms with Gasteiger partial charge >= 0.3 is 0 Å². The van der Waals surface area contributed by atoms with Crippen molar-refractivity contribution in [1.82, 2.24) is 24.6 Å². The first-order chi connectivity index (χ1) is 16.7. The van der Waals surface area contributed by atoms with Gasteiger partial charge in [0, 0.05) is 31.0 Å². The van der Waals surface area contributed by atoms with Crippen LogP contribution in [0.2, 0.25) is 0 Å². The van der Waals surface area contributed by atoms with Gasteiger partial charge in [0.05, 0.1) is 5.69 Å². The zero-order chi connectivity index (χ0) is 23.3. The van der Waals surface area contributed by atoms with Gasteiger partial charge in [-0.05, 0) is 55.5 Å². The Morgan fingerprint density at radius 1 is 0.912 bits per heavy atom.